The number of ether oxygens (including phenoxy) is 2. The maximum Gasteiger partial charge on any atom is 0.283 e. The van der Waals surface area contributed by atoms with Gasteiger partial charge in [0.15, 0.2) is 6.29 Å². The molecule has 0 bridgehead atoms. The van der Waals surface area contributed by atoms with Crippen LogP contribution in [0.5, 0.6) is 0 Å². The average molecular weight is 388 g/mol. The van der Waals surface area contributed by atoms with Crippen molar-refractivity contribution in [2.45, 2.75) is 77.2 Å². The molecule has 6 heteroatoms. The van der Waals surface area contributed by atoms with Gasteiger partial charge < -0.3 is 14.3 Å². The Balaban J connectivity index is 1.83. The first kappa shape index (κ1) is 22.5. The molecule has 3 unspecified atom stereocenters. The van der Waals surface area contributed by atoms with Gasteiger partial charge in [-0.2, -0.15) is 0 Å². The highest BCUT2D eigenvalue weighted by Gasteiger charge is 2.31. The second kappa shape index (κ2) is 11.9. The van der Waals surface area contributed by atoms with E-state index in [2.05, 4.69) is 15.5 Å². The number of carbonyl (C=O) groups excluding carboxylic acids is 1. The van der Waals surface area contributed by atoms with Crippen LogP contribution in [-0.2, 0) is 20.7 Å². The van der Waals surface area contributed by atoms with Crippen molar-refractivity contribution in [1.82, 2.24) is 10.6 Å². The maximum absolute atomic E-state index is 11.5. The van der Waals surface area contributed by atoms with Crippen LogP contribution in [0.25, 0.3) is 4.85 Å². The van der Waals surface area contributed by atoms with Crippen LogP contribution >= 0.6 is 0 Å². The van der Waals surface area contributed by atoms with Crippen molar-refractivity contribution in [3.8, 4) is 0 Å². The summed E-state index contributed by atoms with van der Waals surface area (Å²) in [5.74, 6) is -0.0175. The number of carbonyl (C=O) groups is 1. The van der Waals surface area contributed by atoms with Crippen LogP contribution in [0.4, 0.5) is 0 Å². The van der Waals surface area contributed by atoms with E-state index in [1.54, 1.807) is 0 Å². The number of rotatable bonds is 11. The topological polar surface area (TPSA) is 64.0 Å². The summed E-state index contributed by atoms with van der Waals surface area (Å²) in [4.78, 5) is 15.2. The number of nitrogens with one attached hydrogen (secondary N) is 2. The normalized spacial score (nSPS) is 22.4. The number of hydrogen-bond acceptors (Lipinski definition) is 5. The van der Waals surface area contributed by atoms with E-state index in [0.717, 1.165) is 37.7 Å². The van der Waals surface area contributed by atoms with Crippen LogP contribution in [0, 0.1) is 12.5 Å². The van der Waals surface area contributed by atoms with Gasteiger partial charge in [0.25, 0.3) is 6.17 Å². The minimum absolute atomic E-state index is 0.0175. The van der Waals surface area contributed by atoms with Crippen LogP contribution in [0.1, 0.15) is 45.6 Å². The number of aldehydes is 1. The van der Waals surface area contributed by atoms with E-state index in [9.17, 15) is 4.79 Å². The van der Waals surface area contributed by atoms with Crippen molar-refractivity contribution in [2.24, 2.45) is 5.92 Å². The zero-order chi connectivity index (χ0) is 20.4. The molecule has 0 saturated carbocycles. The van der Waals surface area contributed by atoms with Gasteiger partial charge in [-0.3, -0.25) is 10.2 Å². The Kier molecular flexibility index (Phi) is 9.59. The fourth-order valence-electron chi connectivity index (χ4n) is 3.38. The SMILES string of the molecule is [C-]#[N+]C(NC(C)N[C@@H](C=O)Cc1ccccc1)[C@@H](C)[C@H](C)OC1CCCCO1. The molecule has 1 heterocycles. The van der Waals surface area contributed by atoms with Crippen LogP contribution in [0.2, 0.25) is 0 Å². The molecule has 6 atom stereocenters. The molecule has 1 saturated heterocycles. The minimum Gasteiger partial charge on any atom is -0.353 e. The van der Waals surface area contributed by atoms with Gasteiger partial charge in [-0.15, -0.1) is 0 Å². The summed E-state index contributed by atoms with van der Waals surface area (Å²) in [6.45, 7) is 14.3. The van der Waals surface area contributed by atoms with Gasteiger partial charge in [0.1, 0.15) is 6.29 Å². The van der Waals surface area contributed by atoms with Gasteiger partial charge in [-0.1, -0.05) is 37.3 Å². The molecule has 1 aromatic rings. The lowest BCUT2D eigenvalue weighted by Gasteiger charge is -2.30. The van der Waals surface area contributed by atoms with E-state index in [0.29, 0.717) is 6.42 Å². The third-order valence-corrected chi connectivity index (χ3v) is 5.23. The zero-order valence-electron chi connectivity index (χ0n) is 17.1. The average Bonchev–Trinajstić information content (AvgIpc) is 2.72. The summed E-state index contributed by atoms with van der Waals surface area (Å²) < 4.78 is 11.7. The Hall–Kier alpha value is -1.78. The van der Waals surface area contributed by atoms with Crippen molar-refractivity contribution in [3.05, 3.63) is 47.3 Å². The molecular weight excluding hydrogens is 354 g/mol. The Morgan fingerprint density at radius 1 is 1.25 bits per heavy atom. The molecule has 28 heavy (non-hydrogen) atoms. The van der Waals surface area contributed by atoms with Gasteiger partial charge in [-0.25, -0.2) is 11.9 Å². The summed E-state index contributed by atoms with van der Waals surface area (Å²) in [5.41, 5.74) is 1.10. The van der Waals surface area contributed by atoms with Crippen LogP contribution < -0.4 is 10.6 Å². The van der Waals surface area contributed by atoms with E-state index in [4.69, 9.17) is 16.0 Å². The van der Waals surface area contributed by atoms with Crippen molar-refractivity contribution >= 4 is 6.29 Å². The predicted molar refractivity (Wildman–Crippen MR) is 109 cm³/mol. The Morgan fingerprint density at radius 3 is 2.61 bits per heavy atom. The molecule has 0 aliphatic carbocycles. The molecule has 154 valence electrons. The molecule has 2 rings (SSSR count). The minimum atomic E-state index is -0.412. The van der Waals surface area contributed by atoms with Crippen molar-refractivity contribution in [2.75, 3.05) is 6.61 Å². The lowest BCUT2D eigenvalue weighted by atomic mass is 10.0. The third-order valence-electron chi connectivity index (χ3n) is 5.23. The second-order valence-electron chi connectivity index (χ2n) is 7.56. The van der Waals surface area contributed by atoms with Crippen molar-refractivity contribution in [1.29, 1.82) is 0 Å². The first-order valence-corrected chi connectivity index (χ1v) is 10.2. The number of nitrogens with zero attached hydrogens (tertiary/aromatic N) is 1. The molecule has 6 nitrogen and oxygen atoms in total. The Labute approximate surface area is 168 Å². The summed E-state index contributed by atoms with van der Waals surface area (Å²) in [7, 11) is 0. The molecule has 1 fully saturated rings. The maximum atomic E-state index is 11.5. The second-order valence-corrected chi connectivity index (χ2v) is 7.56. The summed E-state index contributed by atoms with van der Waals surface area (Å²) >= 11 is 0. The van der Waals surface area contributed by atoms with E-state index < -0.39 is 6.17 Å². The Bertz CT molecular complexity index is 613. The number of benzene rings is 1. The molecule has 0 spiro atoms. The first-order chi connectivity index (χ1) is 13.5. The quantitative estimate of drug-likeness (QED) is 0.347. The van der Waals surface area contributed by atoms with Crippen molar-refractivity contribution < 1.29 is 14.3 Å². The molecular formula is C22H33N3O3. The fraction of sp³-hybridized carbons (Fsp3) is 0.636. The number of hydrogen-bond donors (Lipinski definition) is 2. The highest BCUT2D eigenvalue weighted by molar-refractivity contribution is 5.58. The Morgan fingerprint density at radius 2 is 2.00 bits per heavy atom. The zero-order valence-corrected chi connectivity index (χ0v) is 17.1. The third kappa shape index (κ3) is 7.33. The van der Waals surface area contributed by atoms with Gasteiger partial charge in [0.05, 0.1) is 24.2 Å². The lowest BCUT2D eigenvalue weighted by molar-refractivity contribution is -0.194. The van der Waals surface area contributed by atoms with Gasteiger partial charge >= 0.3 is 0 Å². The molecule has 0 aromatic heterocycles. The highest BCUT2D eigenvalue weighted by Crippen LogP contribution is 2.20. The molecule has 1 aromatic carbocycles. The van der Waals surface area contributed by atoms with E-state index in [-0.39, 0.29) is 30.5 Å². The van der Waals surface area contributed by atoms with Crippen LogP contribution in [0.3, 0.4) is 0 Å². The predicted octanol–water partition coefficient (Wildman–Crippen LogP) is 3.13. The fourth-order valence-corrected chi connectivity index (χ4v) is 3.38. The van der Waals surface area contributed by atoms with Crippen molar-refractivity contribution in [3.63, 3.8) is 0 Å². The van der Waals surface area contributed by atoms with E-state index >= 15 is 0 Å². The monoisotopic (exact) mass is 387 g/mol. The van der Waals surface area contributed by atoms with Crippen LogP contribution in [-0.4, -0.2) is 43.7 Å². The molecule has 0 amide bonds. The highest BCUT2D eigenvalue weighted by atomic mass is 16.7. The van der Waals surface area contributed by atoms with Gasteiger partial charge in [-0.05, 0) is 45.1 Å². The largest absolute Gasteiger partial charge is 0.353 e. The molecule has 0 radical (unpaired) electrons. The smallest absolute Gasteiger partial charge is 0.283 e. The molecule has 2 N–H and O–H groups in total. The van der Waals surface area contributed by atoms with E-state index in [1.807, 2.05) is 51.1 Å². The molecule has 1 aliphatic heterocycles. The van der Waals surface area contributed by atoms with Crippen LogP contribution in [0.15, 0.2) is 30.3 Å². The standard InChI is InChI=1S/C22H33N3O3/c1-16(17(2)28-21-12-8-9-13-27-21)22(23-4)25-18(3)24-20(15-26)14-19-10-6-5-7-11-19/h5-7,10-11,15-18,20-22,24-25H,8-9,12-14H2,1-3H3/t16-,17-,18?,20+,21?,22?/m0/s1. The molecule has 1 aliphatic rings. The van der Waals surface area contributed by atoms with E-state index in [1.165, 1.54) is 0 Å². The summed E-state index contributed by atoms with van der Waals surface area (Å²) in [6, 6.07) is 9.59. The van der Waals surface area contributed by atoms with Gasteiger partial charge in [0.2, 0.25) is 0 Å². The summed E-state index contributed by atoms with van der Waals surface area (Å²) in [6.07, 6.45) is 3.79. The summed E-state index contributed by atoms with van der Waals surface area (Å²) in [5, 5.41) is 6.56. The lowest BCUT2D eigenvalue weighted by Crippen LogP contribution is -2.52. The first-order valence-electron chi connectivity index (χ1n) is 10.2. The van der Waals surface area contributed by atoms with Gasteiger partial charge in [0, 0.05) is 6.61 Å².